The Balaban J connectivity index is 3.02. The van der Waals surface area contributed by atoms with Gasteiger partial charge in [0.1, 0.15) is 11.8 Å². The van der Waals surface area contributed by atoms with E-state index in [9.17, 15) is 46.1 Å². The van der Waals surface area contributed by atoms with Crippen LogP contribution in [0.1, 0.15) is 25.3 Å². The van der Waals surface area contributed by atoms with Gasteiger partial charge in [0.05, 0.1) is 13.2 Å². The summed E-state index contributed by atoms with van der Waals surface area (Å²) in [5.74, 6) is -12.1. The number of esters is 2. The largest absolute Gasteiger partial charge is 0.466 e. The minimum atomic E-state index is -5.99. The van der Waals surface area contributed by atoms with Gasteiger partial charge in [-0.3, -0.25) is 9.59 Å². The van der Waals surface area contributed by atoms with Gasteiger partial charge < -0.3 is 19.7 Å². The fourth-order valence-corrected chi connectivity index (χ4v) is 4.42. The van der Waals surface area contributed by atoms with Gasteiger partial charge in [-0.05, 0) is 31.5 Å². The summed E-state index contributed by atoms with van der Waals surface area (Å²) in [4.78, 5) is 25.4. The molecule has 7 nitrogen and oxygen atoms in total. The number of nitrogens with one attached hydrogen (secondary N) is 1. The second kappa shape index (κ2) is 9.69. The summed E-state index contributed by atoms with van der Waals surface area (Å²) < 4.78 is 93.6. The highest BCUT2D eigenvalue weighted by Gasteiger charge is 2.78. The van der Waals surface area contributed by atoms with Crippen LogP contribution < -0.4 is 5.32 Å². The highest BCUT2D eigenvalue weighted by molar-refractivity contribution is 6.35. The van der Waals surface area contributed by atoms with Gasteiger partial charge >= 0.3 is 24.3 Å². The molecular weight excluding hydrogens is 523 g/mol. The first-order valence-electron chi connectivity index (χ1n) is 9.62. The van der Waals surface area contributed by atoms with Crippen LogP contribution in [0.2, 0.25) is 10.0 Å². The van der Waals surface area contributed by atoms with Gasteiger partial charge in [0.2, 0.25) is 11.4 Å². The predicted octanol–water partition coefficient (Wildman–Crippen LogP) is 3.54. The summed E-state index contributed by atoms with van der Waals surface area (Å²) in [5, 5.41) is 21.2. The number of ether oxygens (including phenoxy) is 2. The van der Waals surface area contributed by atoms with Crippen LogP contribution in [0.3, 0.4) is 0 Å². The maximum Gasteiger partial charge on any atom is 0.432 e. The Bertz CT molecular complexity index is 897. The van der Waals surface area contributed by atoms with Crippen LogP contribution in [-0.2, 0) is 19.1 Å². The molecule has 192 valence electrons. The second-order valence-corrected chi connectivity index (χ2v) is 8.15. The lowest BCUT2D eigenvalue weighted by atomic mass is 9.64. The number of benzene rings is 1. The maximum atomic E-state index is 14.1. The number of rotatable bonds is 5. The SMILES string of the molecule is CCOC(=O)[C@H]1C(c2ccc(Cl)cc2Cl)[C@H](C(=O)OCC)[C@](O)(C(F)(F)F)N[C@]1(O)C(F)(F)F. The Morgan fingerprint density at radius 3 is 1.68 bits per heavy atom. The van der Waals surface area contributed by atoms with Gasteiger partial charge in [-0.15, -0.1) is 0 Å². The average Bonchev–Trinajstić information content (AvgIpc) is 2.66. The number of alkyl halides is 6. The molecule has 3 N–H and O–H groups in total. The molecule has 0 aromatic heterocycles. The first kappa shape index (κ1) is 28.4. The first-order chi connectivity index (χ1) is 15.5. The molecule has 5 atom stereocenters. The molecule has 0 spiro atoms. The fourth-order valence-electron chi connectivity index (χ4n) is 3.88. The summed E-state index contributed by atoms with van der Waals surface area (Å²) in [6.45, 7) is 1.33. The molecule has 1 unspecified atom stereocenters. The molecule has 1 aliphatic rings. The van der Waals surface area contributed by atoms with Crippen molar-refractivity contribution in [2.24, 2.45) is 11.8 Å². The number of hydrogen-bond donors (Lipinski definition) is 3. The molecular formula is C19H19Cl2F6NO6. The molecule has 1 fully saturated rings. The third-order valence-corrected chi connectivity index (χ3v) is 5.83. The lowest BCUT2D eigenvalue weighted by Crippen LogP contribution is -2.81. The van der Waals surface area contributed by atoms with E-state index in [1.54, 1.807) is 0 Å². The summed E-state index contributed by atoms with van der Waals surface area (Å²) in [6.07, 6.45) is -12.0. The number of piperidine rings is 1. The Kier molecular flexibility index (Phi) is 8.10. The lowest BCUT2D eigenvalue weighted by molar-refractivity contribution is -0.376. The van der Waals surface area contributed by atoms with Gasteiger partial charge in [0.25, 0.3) is 0 Å². The van der Waals surface area contributed by atoms with Crippen molar-refractivity contribution < 1.29 is 55.6 Å². The van der Waals surface area contributed by atoms with E-state index in [2.05, 4.69) is 9.47 Å². The Labute approximate surface area is 198 Å². The van der Waals surface area contributed by atoms with E-state index >= 15 is 0 Å². The summed E-state index contributed by atoms with van der Waals surface area (Å²) >= 11 is 11.8. The van der Waals surface area contributed by atoms with Crippen LogP contribution in [-0.4, -0.2) is 59.2 Å². The minimum absolute atomic E-state index is 0.0831. The smallest absolute Gasteiger partial charge is 0.432 e. The molecule has 0 saturated carbocycles. The zero-order valence-corrected chi connectivity index (χ0v) is 18.9. The van der Waals surface area contributed by atoms with Gasteiger partial charge in [-0.2, -0.15) is 26.3 Å². The predicted molar refractivity (Wildman–Crippen MR) is 105 cm³/mol. The highest BCUT2D eigenvalue weighted by atomic mass is 35.5. The van der Waals surface area contributed by atoms with Crippen LogP contribution in [0, 0.1) is 11.8 Å². The number of hydrogen-bond acceptors (Lipinski definition) is 7. The Morgan fingerprint density at radius 1 is 0.941 bits per heavy atom. The van der Waals surface area contributed by atoms with Crippen molar-refractivity contribution >= 4 is 35.1 Å². The summed E-state index contributed by atoms with van der Waals surface area (Å²) in [6, 6.07) is 2.82. The van der Waals surface area contributed by atoms with Crippen LogP contribution >= 0.6 is 23.2 Å². The summed E-state index contributed by atoms with van der Waals surface area (Å²) in [7, 11) is 0. The zero-order chi connectivity index (χ0) is 26.3. The minimum Gasteiger partial charge on any atom is -0.466 e. The third kappa shape index (κ3) is 4.81. The van der Waals surface area contributed by atoms with Crippen molar-refractivity contribution in [2.45, 2.75) is 43.6 Å². The maximum absolute atomic E-state index is 14.1. The summed E-state index contributed by atoms with van der Waals surface area (Å²) in [5.41, 5.74) is -10.1. The van der Waals surface area contributed by atoms with Crippen LogP contribution in [0.4, 0.5) is 26.3 Å². The topological polar surface area (TPSA) is 105 Å². The number of carbonyl (C=O) groups excluding carboxylic acids is 2. The number of aliphatic hydroxyl groups is 2. The van der Waals surface area contributed by atoms with Crippen molar-refractivity contribution in [1.82, 2.24) is 5.32 Å². The second-order valence-electron chi connectivity index (χ2n) is 7.30. The fraction of sp³-hybridized carbons (Fsp3) is 0.579. The Hall–Kier alpha value is -1.80. The number of carbonyl (C=O) groups is 2. The van der Waals surface area contributed by atoms with E-state index in [-0.39, 0.29) is 5.02 Å². The van der Waals surface area contributed by atoms with E-state index in [0.717, 1.165) is 18.2 Å². The average molecular weight is 542 g/mol. The lowest BCUT2D eigenvalue weighted by Gasteiger charge is -2.54. The van der Waals surface area contributed by atoms with Crippen molar-refractivity contribution in [3.8, 4) is 0 Å². The van der Waals surface area contributed by atoms with Crippen LogP contribution in [0.25, 0.3) is 0 Å². The van der Waals surface area contributed by atoms with Gasteiger partial charge in [-0.25, -0.2) is 5.32 Å². The number of halogens is 8. The standard InChI is InChI=1S/C19H19Cl2F6NO6/c1-3-33-14(29)12-11(9-6-5-8(20)7-10(9)21)13(15(30)34-4-2)17(32,19(25,26)27)28-16(12,31)18(22,23)24/h5-7,11-13,28,31-32H,3-4H2,1-2H3/t11?,12-,13-,16-,17+/m1/s1. The van der Waals surface area contributed by atoms with E-state index in [4.69, 9.17) is 23.2 Å². The van der Waals surface area contributed by atoms with Crippen molar-refractivity contribution in [2.75, 3.05) is 13.2 Å². The molecule has 34 heavy (non-hydrogen) atoms. The molecule has 2 rings (SSSR count). The monoisotopic (exact) mass is 541 g/mol. The van der Waals surface area contributed by atoms with E-state index in [0.29, 0.717) is 5.32 Å². The van der Waals surface area contributed by atoms with Crippen molar-refractivity contribution in [3.63, 3.8) is 0 Å². The third-order valence-electron chi connectivity index (χ3n) is 5.27. The highest BCUT2D eigenvalue weighted by Crippen LogP contribution is 2.56. The van der Waals surface area contributed by atoms with Crippen LogP contribution in [0.5, 0.6) is 0 Å². The van der Waals surface area contributed by atoms with E-state index in [1.165, 1.54) is 13.8 Å². The van der Waals surface area contributed by atoms with Gasteiger partial charge in [0, 0.05) is 16.0 Å². The van der Waals surface area contributed by atoms with Crippen molar-refractivity contribution in [3.05, 3.63) is 33.8 Å². The molecule has 1 aromatic rings. The molecule has 1 heterocycles. The normalized spacial score (nSPS) is 30.1. The van der Waals surface area contributed by atoms with E-state index < -0.39 is 77.3 Å². The molecule has 1 aliphatic heterocycles. The van der Waals surface area contributed by atoms with Gasteiger partial charge in [-0.1, -0.05) is 29.3 Å². The van der Waals surface area contributed by atoms with Crippen LogP contribution in [0.15, 0.2) is 18.2 Å². The molecule has 1 aromatic carbocycles. The molecule has 0 bridgehead atoms. The molecule has 15 heteroatoms. The molecule has 0 radical (unpaired) electrons. The zero-order valence-electron chi connectivity index (χ0n) is 17.4. The molecule has 1 saturated heterocycles. The molecule has 0 aliphatic carbocycles. The molecule has 0 amide bonds. The van der Waals surface area contributed by atoms with E-state index in [1.807, 2.05) is 0 Å². The quantitative estimate of drug-likeness (QED) is 0.387. The van der Waals surface area contributed by atoms with Crippen molar-refractivity contribution in [1.29, 1.82) is 0 Å². The Morgan fingerprint density at radius 2 is 1.35 bits per heavy atom. The first-order valence-corrected chi connectivity index (χ1v) is 10.4. The van der Waals surface area contributed by atoms with Gasteiger partial charge in [0.15, 0.2) is 0 Å².